The summed E-state index contributed by atoms with van der Waals surface area (Å²) >= 11 is 7.00. The Balaban J connectivity index is 1.53. The molecule has 2 heterocycles. The molecule has 0 aliphatic carbocycles. The maximum absolute atomic E-state index is 5.42. The molecular weight excluding hydrogens is 450 g/mol. The number of halogens is 2. The van der Waals surface area contributed by atoms with Crippen LogP contribution in [0, 0.1) is 0 Å². The molecule has 2 aromatic carbocycles. The molecule has 0 unspecified atom stereocenters. The lowest BCUT2D eigenvalue weighted by atomic mass is 10.2. The average molecular weight is 463 g/mol. The number of ether oxygens (including phenoxy) is 2. The summed E-state index contributed by atoms with van der Waals surface area (Å²) < 4.78 is 12.8. The lowest BCUT2D eigenvalue weighted by molar-refractivity contribution is 0.174. The van der Waals surface area contributed by atoms with Crippen LogP contribution in [0.2, 0.25) is 0 Å². The molecule has 0 bridgehead atoms. The quantitative estimate of drug-likeness (QED) is 0.590. The largest absolute Gasteiger partial charge is 0.454 e. The summed E-state index contributed by atoms with van der Waals surface area (Å²) in [6.07, 6.45) is 1.74. The van der Waals surface area contributed by atoms with E-state index in [0.717, 1.165) is 37.4 Å². The molecule has 4 rings (SSSR count). The second-order valence-corrected chi connectivity index (χ2v) is 7.30. The van der Waals surface area contributed by atoms with Gasteiger partial charge in [0.1, 0.15) is 5.82 Å². The van der Waals surface area contributed by atoms with Crippen LogP contribution in [0.25, 0.3) is 11.4 Å². The summed E-state index contributed by atoms with van der Waals surface area (Å²) in [6, 6.07) is 13.7. The van der Waals surface area contributed by atoms with Crippen LogP contribution in [0.1, 0.15) is 5.56 Å². The Morgan fingerprint density at radius 2 is 1.76 bits per heavy atom. The molecule has 0 atom stereocenters. The summed E-state index contributed by atoms with van der Waals surface area (Å²) in [5.74, 6) is 2.87. The van der Waals surface area contributed by atoms with Crippen molar-refractivity contribution in [2.45, 2.75) is 6.54 Å². The number of fused-ring (bicyclic) bond motifs is 1. The predicted molar refractivity (Wildman–Crippen MR) is 103 cm³/mol. The minimum atomic E-state index is 0.253. The van der Waals surface area contributed by atoms with E-state index in [4.69, 9.17) is 9.47 Å². The van der Waals surface area contributed by atoms with Crippen LogP contribution in [0.4, 0.5) is 5.82 Å². The van der Waals surface area contributed by atoms with Crippen molar-refractivity contribution in [2.24, 2.45) is 0 Å². The summed E-state index contributed by atoms with van der Waals surface area (Å²) in [6.45, 7) is 0.916. The number of rotatable bonds is 4. The van der Waals surface area contributed by atoms with Gasteiger partial charge in [-0.25, -0.2) is 9.97 Å². The fourth-order valence-electron chi connectivity index (χ4n) is 2.54. The second-order valence-electron chi connectivity index (χ2n) is 5.46. The molecule has 1 aliphatic rings. The normalized spacial score (nSPS) is 12.2. The van der Waals surface area contributed by atoms with E-state index in [2.05, 4.69) is 59.3 Å². The summed E-state index contributed by atoms with van der Waals surface area (Å²) in [5.41, 5.74) is 2.03. The highest BCUT2D eigenvalue weighted by Gasteiger charge is 2.15. The molecular formula is C18H13Br2N3O2. The number of hydrogen-bond donors (Lipinski definition) is 1. The van der Waals surface area contributed by atoms with Gasteiger partial charge in [0.05, 0.1) is 0 Å². The van der Waals surface area contributed by atoms with Gasteiger partial charge in [-0.2, -0.15) is 0 Å². The van der Waals surface area contributed by atoms with Crippen LogP contribution < -0.4 is 14.8 Å². The van der Waals surface area contributed by atoms with E-state index in [9.17, 15) is 0 Å². The SMILES string of the molecule is Brc1cc(Br)cc(CNc2ccnc(-c3ccc4c(c3)OCO4)n2)c1. The molecule has 0 spiro atoms. The lowest BCUT2D eigenvalue weighted by Gasteiger charge is -2.08. The highest BCUT2D eigenvalue weighted by molar-refractivity contribution is 9.11. The van der Waals surface area contributed by atoms with Gasteiger partial charge >= 0.3 is 0 Å². The van der Waals surface area contributed by atoms with E-state index in [1.165, 1.54) is 0 Å². The smallest absolute Gasteiger partial charge is 0.231 e. The van der Waals surface area contributed by atoms with Crippen molar-refractivity contribution in [1.82, 2.24) is 9.97 Å². The van der Waals surface area contributed by atoms with Crippen LogP contribution in [-0.2, 0) is 6.54 Å². The highest BCUT2D eigenvalue weighted by atomic mass is 79.9. The van der Waals surface area contributed by atoms with Crippen LogP contribution >= 0.6 is 31.9 Å². The summed E-state index contributed by atoms with van der Waals surface area (Å²) in [7, 11) is 0. The molecule has 1 aromatic heterocycles. The Hall–Kier alpha value is -2.12. The van der Waals surface area contributed by atoms with Gasteiger partial charge < -0.3 is 14.8 Å². The molecule has 126 valence electrons. The van der Waals surface area contributed by atoms with Crippen molar-refractivity contribution in [3.63, 3.8) is 0 Å². The van der Waals surface area contributed by atoms with Gasteiger partial charge in [0.2, 0.25) is 6.79 Å². The maximum atomic E-state index is 5.42. The van der Waals surface area contributed by atoms with Crippen molar-refractivity contribution < 1.29 is 9.47 Å². The maximum Gasteiger partial charge on any atom is 0.231 e. The standard InChI is InChI=1S/C18H13Br2N3O2/c19-13-5-11(6-14(20)8-13)9-22-17-3-4-21-18(23-17)12-1-2-15-16(7-12)25-10-24-15/h1-8H,9-10H2,(H,21,22,23). The number of nitrogens with one attached hydrogen (secondary N) is 1. The number of anilines is 1. The summed E-state index contributed by atoms with van der Waals surface area (Å²) in [5, 5.41) is 3.33. The van der Waals surface area contributed by atoms with Crippen molar-refractivity contribution in [3.05, 3.63) is 63.2 Å². The van der Waals surface area contributed by atoms with E-state index < -0.39 is 0 Å². The summed E-state index contributed by atoms with van der Waals surface area (Å²) in [4.78, 5) is 8.94. The molecule has 1 N–H and O–H groups in total. The zero-order valence-corrected chi connectivity index (χ0v) is 16.2. The Morgan fingerprint density at radius 1 is 0.960 bits per heavy atom. The van der Waals surface area contributed by atoms with Gasteiger partial charge in [-0.3, -0.25) is 0 Å². The molecule has 0 saturated carbocycles. The minimum absolute atomic E-state index is 0.253. The van der Waals surface area contributed by atoms with Crippen LogP contribution in [0.15, 0.2) is 57.6 Å². The Kier molecular flexibility index (Phi) is 4.59. The number of nitrogens with zero attached hydrogens (tertiary/aromatic N) is 2. The van der Waals surface area contributed by atoms with Crippen LogP contribution in [0.3, 0.4) is 0 Å². The molecule has 1 aliphatic heterocycles. The van der Waals surface area contributed by atoms with E-state index in [-0.39, 0.29) is 6.79 Å². The topological polar surface area (TPSA) is 56.3 Å². The first-order chi connectivity index (χ1) is 12.2. The third-order valence-electron chi connectivity index (χ3n) is 3.68. The second kappa shape index (κ2) is 7.01. The lowest BCUT2D eigenvalue weighted by Crippen LogP contribution is -2.02. The molecule has 0 saturated heterocycles. The first-order valence-corrected chi connectivity index (χ1v) is 9.18. The molecule has 3 aromatic rings. The van der Waals surface area contributed by atoms with Crippen molar-refractivity contribution in [3.8, 4) is 22.9 Å². The van der Waals surface area contributed by atoms with E-state index in [1.54, 1.807) is 6.20 Å². The average Bonchev–Trinajstić information content (AvgIpc) is 3.07. The van der Waals surface area contributed by atoms with Gasteiger partial charge in [0, 0.05) is 27.3 Å². The van der Waals surface area contributed by atoms with Crippen molar-refractivity contribution in [1.29, 1.82) is 0 Å². The number of benzene rings is 2. The zero-order valence-electron chi connectivity index (χ0n) is 13.0. The van der Waals surface area contributed by atoms with Crippen molar-refractivity contribution in [2.75, 3.05) is 12.1 Å². The van der Waals surface area contributed by atoms with Crippen LogP contribution in [0.5, 0.6) is 11.5 Å². The first-order valence-electron chi connectivity index (χ1n) is 7.59. The van der Waals surface area contributed by atoms with Gasteiger partial charge in [0.15, 0.2) is 17.3 Å². The Morgan fingerprint density at radius 3 is 2.60 bits per heavy atom. The highest BCUT2D eigenvalue weighted by Crippen LogP contribution is 2.35. The zero-order chi connectivity index (χ0) is 17.2. The molecule has 7 heteroatoms. The number of aromatic nitrogens is 2. The van der Waals surface area contributed by atoms with E-state index in [1.807, 2.05) is 30.3 Å². The monoisotopic (exact) mass is 461 g/mol. The molecule has 0 radical (unpaired) electrons. The molecule has 0 amide bonds. The third kappa shape index (κ3) is 3.77. The predicted octanol–water partition coefficient (Wildman–Crippen LogP) is 5.01. The first kappa shape index (κ1) is 16.4. The van der Waals surface area contributed by atoms with Crippen LogP contribution in [-0.4, -0.2) is 16.8 Å². The van der Waals surface area contributed by atoms with Gasteiger partial charge in [-0.05, 0) is 48.0 Å². The fourth-order valence-corrected chi connectivity index (χ4v) is 3.93. The minimum Gasteiger partial charge on any atom is -0.454 e. The van der Waals surface area contributed by atoms with Gasteiger partial charge in [-0.15, -0.1) is 0 Å². The molecule has 25 heavy (non-hydrogen) atoms. The molecule has 0 fully saturated rings. The van der Waals surface area contributed by atoms with E-state index >= 15 is 0 Å². The number of hydrogen-bond acceptors (Lipinski definition) is 5. The van der Waals surface area contributed by atoms with Gasteiger partial charge in [0.25, 0.3) is 0 Å². The Bertz CT molecular complexity index is 914. The Labute approximate surface area is 161 Å². The fraction of sp³-hybridized carbons (Fsp3) is 0.111. The van der Waals surface area contributed by atoms with E-state index in [0.29, 0.717) is 12.4 Å². The third-order valence-corrected chi connectivity index (χ3v) is 4.60. The van der Waals surface area contributed by atoms with Gasteiger partial charge in [-0.1, -0.05) is 31.9 Å². The molecule has 5 nitrogen and oxygen atoms in total. The van der Waals surface area contributed by atoms with Crippen molar-refractivity contribution >= 4 is 37.7 Å².